The van der Waals surface area contributed by atoms with Crippen molar-refractivity contribution in [3.05, 3.63) is 70.2 Å². The summed E-state index contributed by atoms with van der Waals surface area (Å²) in [4.78, 5) is 4.70. The van der Waals surface area contributed by atoms with Crippen molar-refractivity contribution in [2.45, 2.75) is 13.1 Å². The molecule has 3 rings (SSSR count). The molecule has 0 spiro atoms. The lowest BCUT2D eigenvalue weighted by Gasteiger charge is -2.34. The van der Waals surface area contributed by atoms with Crippen molar-refractivity contribution in [2.24, 2.45) is 0 Å². The zero-order valence-electron chi connectivity index (χ0n) is 12.8. The summed E-state index contributed by atoms with van der Waals surface area (Å²) in [6, 6.07) is 11.6. The zero-order chi connectivity index (χ0) is 16.2. The summed E-state index contributed by atoms with van der Waals surface area (Å²) in [5.41, 5.74) is 2.16. The van der Waals surface area contributed by atoms with Gasteiger partial charge in [-0.1, -0.05) is 29.8 Å². The van der Waals surface area contributed by atoms with Gasteiger partial charge in [-0.15, -0.1) is 0 Å². The summed E-state index contributed by atoms with van der Waals surface area (Å²) in [5.74, 6) is -0.573. The van der Waals surface area contributed by atoms with Crippen LogP contribution in [0.1, 0.15) is 11.1 Å². The molecule has 0 amide bonds. The Hall–Kier alpha value is -1.49. The number of piperazine rings is 1. The Morgan fingerprint density at radius 2 is 1.30 bits per heavy atom. The van der Waals surface area contributed by atoms with Gasteiger partial charge in [0.1, 0.15) is 11.6 Å². The topological polar surface area (TPSA) is 6.48 Å². The Morgan fingerprint density at radius 1 is 0.783 bits per heavy atom. The normalized spacial score (nSPS) is 16.7. The molecule has 0 saturated carbocycles. The van der Waals surface area contributed by atoms with Crippen LogP contribution in [-0.2, 0) is 13.1 Å². The number of hydrogen-bond donors (Lipinski definition) is 0. The van der Waals surface area contributed by atoms with E-state index in [0.717, 1.165) is 50.4 Å². The summed E-state index contributed by atoms with van der Waals surface area (Å²) >= 11 is 5.83. The largest absolute Gasteiger partial charge is 0.297 e. The van der Waals surface area contributed by atoms with Crippen LogP contribution in [-0.4, -0.2) is 36.0 Å². The predicted molar refractivity (Wildman–Crippen MR) is 88.4 cm³/mol. The van der Waals surface area contributed by atoms with Crippen molar-refractivity contribution in [2.75, 3.05) is 26.2 Å². The van der Waals surface area contributed by atoms with Crippen LogP contribution < -0.4 is 0 Å². The number of halogens is 3. The minimum absolute atomic E-state index is 0.178. The van der Waals surface area contributed by atoms with Gasteiger partial charge in [0.25, 0.3) is 0 Å². The highest BCUT2D eigenvalue weighted by molar-refractivity contribution is 6.30. The fourth-order valence-electron chi connectivity index (χ4n) is 2.85. The lowest BCUT2D eigenvalue weighted by atomic mass is 10.1. The first-order chi connectivity index (χ1) is 11.1. The average molecular weight is 337 g/mol. The second-order valence-corrected chi connectivity index (χ2v) is 6.33. The third kappa shape index (κ3) is 4.50. The smallest absolute Gasteiger partial charge is 0.141 e. The molecule has 5 heteroatoms. The molecule has 0 aromatic heterocycles. The zero-order valence-corrected chi connectivity index (χ0v) is 13.6. The van der Waals surface area contributed by atoms with E-state index >= 15 is 0 Å². The van der Waals surface area contributed by atoms with Gasteiger partial charge in [-0.25, -0.2) is 8.78 Å². The van der Waals surface area contributed by atoms with Crippen LogP contribution in [0.25, 0.3) is 0 Å². The summed E-state index contributed by atoms with van der Waals surface area (Å²) in [5, 5.41) is 0.178. The van der Waals surface area contributed by atoms with Gasteiger partial charge >= 0.3 is 0 Å². The lowest BCUT2D eigenvalue weighted by molar-refractivity contribution is 0.122. The van der Waals surface area contributed by atoms with Gasteiger partial charge in [0.2, 0.25) is 0 Å². The molecule has 2 aromatic carbocycles. The van der Waals surface area contributed by atoms with Gasteiger partial charge in [0.15, 0.2) is 0 Å². The molecule has 0 atom stereocenters. The molecule has 1 aliphatic rings. The van der Waals surface area contributed by atoms with Crippen molar-refractivity contribution >= 4 is 11.6 Å². The first kappa shape index (κ1) is 16.4. The second-order valence-electron chi connectivity index (χ2n) is 5.93. The van der Waals surface area contributed by atoms with Gasteiger partial charge in [-0.2, -0.15) is 0 Å². The maximum Gasteiger partial charge on any atom is 0.141 e. The predicted octanol–water partition coefficient (Wildman–Crippen LogP) is 3.94. The van der Waals surface area contributed by atoms with Crippen LogP contribution in [0.3, 0.4) is 0 Å². The lowest BCUT2D eigenvalue weighted by Crippen LogP contribution is -2.45. The van der Waals surface area contributed by atoms with Gasteiger partial charge < -0.3 is 0 Å². The highest BCUT2D eigenvalue weighted by Crippen LogP contribution is 2.18. The minimum atomic E-state index is -0.375. The fourth-order valence-corrected chi connectivity index (χ4v) is 3.05. The monoisotopic (exact) mass is 336 g/mol. The Morgan fingerprint density at radius 3 is 1.87 bits per heavy atom. The molecule has 1 aliphatic heterocycles. The fraction of sp³-hybridized carbons (Fsp3) is 0.333. The Kier molecular flexibility index (Phi) is 5.26. The maximum absolute atomic E-state index is 13.2. The Bertz CT molecular complexity index is 653. The van der Waals surface area contributed by atoms with Gasteiger partial charge in [0, 0.05) is 39.3 Å². The van der Waals surface area contributed by atoms with E-state index in [2.05, 4.69) is 9.80 Å². The van der Waals surface area contributed by atoms with Crippen LogP contribution in [0.5, 0.6) is 0 Å². The summed E-state index contributed by atoms with van der Waals surface area (Å²) < 4.78 is 26.1. The molecule has 1 fully saturated rings. The summed E-state index contributed by atoms with van der Waals surface area (Å²) in [6.45, 7) is 5.46. The third-order valence-electron chi connectivity index (χ3n) is 4.17. The summed E-state index contributed by atoms with van der Waals surface area (Å²) in [6.07, 6.45) is 0. The first-order valence-corrected chi connectivity index (χ1v) is 8.11. The van der Waals surface area contributed by atoms with E-state index in [1.807, 2.05) is 12.1 Å². The molecular weight excluding hydrogens is 318 g/mol. The Balaban J connectivity index is 1.50. The first-order valence-electron chi connectivity index (χ1n) is 7.73. The highest BCUT2D eigenvalue weighted by Gasteiger charge is 2.17. The van der Waals surface area contributed by atoms with Crippen molar-refractivity contribution in [3.63, 3.8) is 0 Å². The second kappa shape index (κ2) is 7.39. The summed E-state index contributed by atoms with van der Waals surface area (Å²) in [7, 11) is 0. The molecule has 122 valence electrons. The SMILES string of the molecule is Fc1ccc(CN2CCN(Cc3ccc(F)c(Cl)c3)CC2)cc1. The molecule has 2 aromatic rings. The third-order valence-corrected chi connectivity index (χ3v) is 4.46. The maximum atomic E-state index is 13.2. The number of rotatable bonds is 4. The average Bonchev–Trinajstić information content (AvgIpc) is 2.55. The molecular formula is C18H19ClF2N2. The van der Waals surface area contributed by atoms with E-state index in [-0.39, 0.29) is 16.7 Å². The van der Waals surface area contributed by atoms with Crippen LogP contribution in [0, 0.1) is 11.6 Å². The molecule has 1 heterocycles. The van der Waals surface area contributed by atoms with E-state index in [0.29, 0.717) is 0 Å². The van der Waals surface area contributed by atoms with Crippen LogP contribution in [0.15, 0.2) is 42.5 Å². The number of hydrogen-bond acceptors (Lipinski definition) is 2. The molecule has 0 N–H and O–H groups in total. The number of benzene rings is 2. The van der Waals surface area contributed by atoms with Crippen molar-refractivity contribution < 1.29 is 8.78 Å². The van der Waals surface area contributed by atoms with Gasteiger partial charge in [0.05, 0.1) is 5.02 Å². The quantitative estimate of drug-likeness (QED) is 0.834. The van der Waals surface area contributed by atoms with Crippen molar-refractivity contribution in [1.29, 1.82) is 0 Å². The molecule has 0 bridgehead atoms. The Labute approximate surface area is 140 Å². The van der Waals surface area contributed by atoms with Crippen molar-refractivity contribution in [3.8, 4) is 0 Å². The van der Waals surface area contributed by atoms with Gasteiger partial charge in [-0.3, -0.25) is 9.80 Å². The standard InChI is InChI=1S/C18H19ClF2N2/c19-17-11-15(3-6-18(17)21)13-23-9-7-22(8-10-23)12-14-1-4-16(20)5-2-14/h1-6,11H,7-10,12-13H2. The highest BCUT2D eigenvalue weighted by atomic mass is 35.5. The minimum Gasteiger partial charge on any atom is -0.297 e. The van der Waals surface area contributed by atoms with E-state index in [4.69, 9.17) is 11.6 Å². The van der Waals surface area contributed by atoms with Crippen LogP contribution in [0.4, 0.5) is 8.78 Å². The van der Waals surface area contributed by atoms with Crippen LogP contribution >= 0.6 is 11.6 Å². The van der Waals surface area contributed by atoms with Gasteiger partial charge in [-0.05, 0) is 35.4 Å². The number of nitrogens with zero attached hydrogens (tertiary/aromatic N) is 2. The molecule has 1 saturated heterocycles. The van der Waals surface area contributed by atoms with Crippen LogP contribution in [0.2, 0.25) is 5.02 Å². The van der Waals surface area contributed by atoms with E-state index in [9.17, 15) is 8.78 Å². The van der Waals surface area contributed by atoms with E-state index < -0.39 is 0 Å². The van der Waals surface area contributed by atoms with E-state index in [1.165, 1.54) is 18.2 Å². The molecule has 2 nitrogen and oxygen atoms in total. The molecule has 23 heavy (non-hydrogen) atoms. The molecule has 0 unspecified atom stereocenters. The van der Waals surface area contributed by atoms with Crippen molar-refractivity contribution in [1.82, 2.24) is 9.80 Å². The molecule has 0 radical (unpaired) electrons. The molecule has 0 aliphatic carbocycles. The van der Waals surface area contributed by atoms with E-state index in [1.54, 1.807) is 12.1 Å².